The van der Waals surface area contributed by atoms with Crippen LogP contribution >= 0.6 is 11.3 Å². The number of anilines is 1. The number of carbonyl (C=O) groups is 2. The molecular formula is C19H18N4O3S. The minimum atomic E-state index is -0.629. The lowest BCUT2D eigenvalue weighted by Crippen LogP contribution is -2.28. The summed E-state index contributed by atoms with van der Waals surface area (Å²) in [7, 11) is 0. The zero-order valence-corrected chi connectivity index (χ0v) is 15.3. The Bertz CT molecular complexity index is 1120. The summed E-state index contributed by atoms with van der Waals surface area (Å²) < 4.78 is 1.31. The number of nitrogens with two attached hydrogens (primary N) is 1. The third-order valence-corrected chi connectivity index (χ3v) is 5.92. The molecule has 2 aromatic heterocycles. The second-order valence-corrected chi connectivity index (χ2v) is 7.61. The van der Waals surface area contributed by atoms with Gasteiger partial charge < -0.3 is 11.1 Å². The van der Waals surface area contributed by atoms with E-state index in [1.165, 1.54) is 21.8 Å². The molecule has 0 atom stereocenters. The van der Waals surface area contributed by atoms with E-state index in [0.717, 1.165) is 36.1 Å². The molecule has 1 aliphatic rings. The number of rotatable bonds is 4. The molecule has 138 valence electrons. The van der Waals surface area contributed by atoms with Gasteiger partial charge in [0.1, 0.15) is 11.4 Å². The van der Waals surface area contributed by atoms with Gasteiger partial charge in [0.15, 0.2) is 0 Å². The Morgan fingerprint density at radius 1 is 1.22 bits per heavy atom. The molecule has 7 nitrogen and oxygen atoms in total. The van der Waals surface area contributed by atoms with Crippen LogP contribution in [0.1, 0.15) is 33.6 Å². The summed E-state index contributed by atoms with van der Waals surface area (Å²) in [5.41, 5.74) is 6.77. The van der Waals surface area contributed by atoms with E-state index in [0.29, 0.717) is 11.1 Å². The van der Waals surface area contributed by atoms with Gasteiger partial charge in [-0.1, -0.05) is 12.1 Å². The largest absolute Gasteiger partial charge is 0.366 e. The van der Waals surface area contributed by atoms with E-state index in [9.17, 15) is 14.4 Å². The average molecular weight is 382 g/mol. The van der Waals surface area contributed by atoms with Gasteiger partial charge in [0.2, 0.25) is 5.91 Å². The van der Waals surface area contributed by atoms with Gasteiger partial charge in [0.25, 0.3) is 11.5 Å². The number of thiophene rings is 1. The highest BCUT2D eigenvalue weighted by molar-refractivity contribution is 7.18. The summed E-state index contributed by atoms with van der Waals surface area (Å²) in [6, 6.07) is 6.49. The maximum absolute atomic E-state index is 12.9. The first-order valence-electron chi connectivity index (χ1n) is 8.73. The molecule has 0 spiro atoms. The van der Waals surface area contributed by atoms with Crippen LogP contribution in [-0.2, 0) is 24.2 Å². The molecule has 3 N–H and O–H groups in total. The van der Waals surface area contributed by atoms with Crippen molar-refractivity contribution in [1.82, 2.24) is 9.55 Å². The van der Waals surface area contributed by atoms with Crippen LogP contribution in [0.5, 0.6) is 0 Å². The van der Waals surface area contributed by atoms with Gasteiger partial charge in [-0.2, -0.15) is 0 Å². The molecule has 0 bridgehead atoms. The molecule has 0 unspecified atom stereocenters. The van der Waals surface area contributed by atoms with Crippen LogP contribution < -0.4 is 16.6 Å². The van der Waals surface area contributed by atoms with Crippen LogP contribution in [0.3, 0.4) is 0 Å². The first-order valence-corrected chi connectivity index (χ1v) is 9.54. The zero-order chi connectivity index (χ0) is 19.0. The normalized spacial score (nSPS) is 13.3. The number of amides is 2. The van der Waals surface area contributed by atoms with Crippen LogP contribution in [0.15, 0.2) is 35.4 Å². The molecule has 3 aromatic rings. The van der Waals surface area contributed by atoms with Gasteiger partial charge in [-0.05, 0) is 43.4 Å². The van der Waals surface area contributed by atoms with Crippen molar-refractivity contribution >= 4 is 39.1 Å². The summed E-state index contributed by atoms with van der Waals surface area (Å²) in [5.74, 6) is -1.05. The standard InChI is InChI=1S/C19H18N4O3S/c20-17(25)11-5-1-3-7-13(11)22-15(24)9-23-10-21-18-16(19(23)26)12-6-2-4-8-14(12)27-18/h1,3,5,7,10H,2,4,6,8-9H2,(H2,20,25)(H,22,24). The number of hydrogen-bond acceptors (Lipinski definition) is 5. The fraction of sp³-hybridized carbons (Fsp3) is 0.263. The third kappa shape index (κ3) is 3.23. The van der Waals surface area contributed by atoms with Crippen molar-refractivity contribution < 1.29 is 9.59 Å². The number of para-hydroxylation sites is 1. The fourth-order valence-corrected chi connectivity index (χ4v) is 4.66. The predicted molar refractivity (Wildman–Crippen MR) is 104 cm³/mol. The molecule has 0 fully saturated rings. The summed E-state index contributed by atoms with van der Waals surface area (Å²) in [6.07, 6.45) is 5.48. The number of nitrogens with zero attached hydrogens (tertiary/aromatic N) is 2. The second kappa shape index (κ2) is 6.96. The van der Waals surface area contributed by atoms with Gasteiger partial charge in [-0.3, -0.25) is 19.0 Å². The molecule has 1 aliphatic carbocycles. The minimum Gasteiger partial charge on any atom is -0.366 e. The third-order valence-electron chi connectivity index (χ3n) is 4.72. The topological polar surface area (TPSA) is 107 Å². The average Bonchev–Trinajstić information content (AvgIpc) is 3.03. The smallest absolute Gasteiger partial charge is 0.262 e. The van der Waals surface area contributed by atoms with Crippen LogP contribution in [0.4, 0.5) is 5.69 Å². The Hall–Kier alpha value is -3.00. The quantitative estimate of drug-likeness (QED) is 0.720. The Labute approximate surface area is 158 Å². The monoisotopic (exact) mass is 382 g/mol. The van der Waals surface area contributed by atoms with Crippen LogP contribution in [0.2, 0.25) is 0 Å². The molecule has 0 saturated heterocycles. The highest BCUT2D eigenvalue weighted by atomic mass is 32.1. The van der Waals surface area contributed by atoms with Crippen LogP contribution in [0, 0.1) is 0 Å². The van der Waals surface area contributed by atoms with E-state index in [1.54, 1.807) is 29.5 Å². The van der Waals surface area contributed by atoms with Crippen molar-refractivity contribution in [2.24, 2.45) is 5.73 Å². The molecule has 4 rings (SSSR count). The molecule has 2 amide bonds. The number of fused-ring (bicyclic) bond motifs is 3. The Kier molecular flexibility index (Phi) is 4.49. The lowest BCUT2D eigenvalue weighted by atomic mass is 9.97. The van der Waals surface area contributed by atoms with Crippen molar-refractivity contribution in [2.75, 3.05) is 5.32 Å². The van der Waals surface area contributed by atoms with E-state index in [2.05, 4.69) is 10.3 Å². The number of benzene rings is 1. The molecule has 27 heavy (non-hydrogen) atoms. The van der Waals surface area contributed by atoms with E-state index in [-0.39, 0.29) is 17.7 Å². The van der Waals surface area contributed by atoms with Gasteiger partial charge in [0.05, 0.1) is 23.0 Å². The lowest BCUT2D eigenvalue weighted by Gasteiger charge is -2.11. The van der Waals surface area contributed by atoms with Crippen molar-refractivity contribution in [3.05, 3.63) is 57.0 Å². The Morgan fingerprint density at radius 2 is 2.00 bits per heavy atom. The molecule has 2 heterocycles. The van der Waals surface area contributed by atoms with Crippen molar-refractivity contribution in [2.45, 2.75) is 32.2 Å². The van der Waals surface area contributed by atoms with Gasteiger partial charge >= 0.3 is 0 Å². The number of hydrogen-bond donors (Lipinski definition) is 2. The zero-order valence-electron chi connectivity index (χ0n) is 14.5. The van der Waals surface area contributed by atoms with Gasteiger partial charge in [-0.15, -0.1) is 11.3 Å². The van der Waals surface area contributed by atoms with Gasteiger partial charge in [-0.25, -0.2) is 4.98 Å². The summed E-state index contributed by atoms with van der Waals surface area (Å²) >= 11 is 1.57. The fourth-order valence-electron chi connectivity index (χ4n) is 3.45. The summed E-state index contributed by atoms with van der Waals surface area (Å²) in [4.78, 5) is 43.2. The minimum absolute atomic E-state index is 0.181. The number of aryl methyl sites for hydroxylation is 2. The van der Waals surface area contributed by atoms with E-state index in [1.807, 2.05) is 0 Å². The lowest BCUT2D eigenvalue weighted by molar-refractivity contribution is -0.116. The summed E-state index contributed by atoms with van der Waals surface area (Å²) in [6.45, 7) is -0.181. The molecule has 8 heteroatoms. The Balaban J connectivity index is 1.62. The maximum Gasteiger partial charge on any atom is 0.262 e. The molecule has 1 aromatic carbocycles. The number of nitrogens with one attached hydrogen (secondary N) is 1. The molecule has 0 aliphatic heterocycles. The first-order chi connectivity index (χ1) is 13.0. The highest BCUT2D eigenvalue weighted by Crippen LogP contribution is 2.33. The van der Waals surface area contributed by atoms with E-state index < -0.39 is 11.8 Å². The number of primary amides is 1. The molecular weight excluding hydrogens is 364 g/mol. The maximum atomic E-state index is 12.9. The van der Waals surface area contributed by atoms with E-state index >= 15 is 0 Å². The second-order valence-electron chi connectivity index (χ2n) is 6.53. The SMILES string of the molecule is NC(=O)c1ccccc1NC(=O)Cn1cnc2sc3c(c2c1=O)CCCC3. The summed E-state index contributed by atoms with van der Waals surface area (Å²) in [5, 5.41) is 3.29. The van der Waals surface area contributed by atoms with E-state index in [4.69, 9.17) is 5.73 Å². The van der Waals surface area contributed by atoms with Crippen molar-refractivity contribution in [3.63, 3.8) is 0 Å². The molecule has 0 saturated carbocycles. The van der Waals surface area contributed by atoms with Crippen molar-refractivity contribution in [3.8, 4) is 0 Å². The van der Waals surface area contributed by atoms with Gasteiger partial charge in [0, 0.05) is 4.88 Å². The Morgan fingerprint density at radius 3 is 2.81 bits per heavy atom. The highest BCUT2D eigenvalue weighted by Gasteiger charge is 2.20. The number of aromatic nitrogens is 2. The van der Waals surface area contributed by atoms with Crippen molar-refractivity contribution in [1.29, 1.82) is 0 Å². The first kappa shape index (κ1) is 17.4. The molecule has 0 radical (unpaired) electrons. The predicted octanol–water partition coefficient (Wildman–Crippen LogP) is 2.07. The van der Waals surface area contributed by atoms with Crippen LogP contribution in [-0.4, -0.2) is 21.4 Å². The number of carbonyl (C=O) groups excluding carboxylic acids is 2. The van der Waals surface area contributed by atoms with Crippen LogP contribution in [0.25, 0.3) is 10.2 Å².